The molecule has 0 bridgehead atoms. The molecule has 0 aromatic heterocycles. The Bertz CT molecular complexity index is 658. The van der Waals surface area contributed by atoms with Crippen LogP contribution in [0.1, 0.15) is 15.9 Å². The summed E-state index contributed by atoms with van der Waals surface area (Å²) in [5.74, 6) is -0.925. The molecule has 0 unspecified atom stereocenters. The number of carbonyl (C=O) groups excluding carboxylic acids is 1. The number of aryl methyl sites for hydroxylation is 1. The molecule has 0 spiro atoms. The summed E-state index contributed by atoms with van der Waals surface area (Å²) in [6.07, 6.45) is 0. The molecule has 3 nitrogen and oxygen atoms in total. The minimum atomic E-state index is -0.561. The van der Waals surface area contributed by atoms with Gasteiger partial charge in [0.05, 0.1) is 5.69 Å². The van der Waals surface area contributed by atoms with E-state index < -0.39 is 5.82 Å². The van der Waals surface area contributed by atoms with E-state index in [2.05, 4.69) is 10.6 Å². The molecule has 2 rings (SSSR count). The molecule has 1 amide bonds. The van der Waals surface area contributed by atoms with Gasteiger partial charge in [0.25, 0.3) is 5.91 Å². The minimum absolute atomic E-state index is 0.106. The summed E-state index contributed by atoms with van der Waals surface area (Å²) in [5.41, 5.74) is 2.46. The van der Waals surface area contributed by atoms with Gasteiger partial charge in [-0.25, -0.2) is 4.39 Å². The van der Waals surface area contributed by atoms with E-state index in [9.17, 15) is 9.18 Å². The van der Waals surface area contributed by atoms with Crippen LogP contribution in [-0.2, 0) is 0 Å². The van der Waals surface area contributed by atoms with Crippen LogP contribution < -0.4 is 10.6 Å². The number of rotatable bonds is 3. The van der Waals surface area contributed by atoms with E-state index >= 15 is 0 Å². The summed E-state index contributed by atoms with van der Waals surface area (Å²) in [4.78, 5) is 12.1. The molecule has 2 aromatic rings. The third-order valence-electron chi connectivity index (χ3n) is 2.94. The zero-order valence-electron chi connectivity index (χ0n) is 11.1. The molecule has 20 heavy (non-hydrogen) atoms. The molecule has 2 N–H and O–H groups in total. The smallest absolute Gasteiger partial charge is 0.255 e. The largest absolute Gasteiger partial charge is 0.388 e. The van der Waals surface area contributed by atoms with Crippen LogP contribution >= 0.6 is 11.6 Å². The summed E-state index contributed by atoms with van der Waals surface area (Å²) >= 11 is 5.67. The number of hydrogen-bond acceptors (Lipinski definition) is 2. The highest BCUT2D eigenvalue weighted by molar-refractivity contribution is 6.30. The Morgan fingerprint density at radius 1 is 1.15 bits per heavy atom. The van der Waals surface area contributed by atoms with Crippen molar-refractivity contribution in [2.75, 3.05) is 17.7 Å². The molecule has 0 saturated carbocycles. The molecule has 0 atom stereocenters. The highest BCUT2D eigenvalue weighted by Gasteiger charge is 2.10. The molecule has 0 heterocycles. The van der Waals surface area contributed by atoms with Crippen LogP contribution in [-0.4, -0.2) is 13.0 Å². The van der Waals surface area contributed by atoms with E-state index in [1.807, 2.05) is 20.0 Å². The maximum Gasteiger partial charge on any atom is 0.255 e. The second kappa shape index (κ2) is 5.92. The summed E-state index contributed by atoms with van der Waals surface area (Å²) in [6.45, 7) is 1.89. The van der Waals surface area contributed by atoms with Crippen LogP contribution in [0.4, 0.5) is 15.8 Å². The molecule has 0 fully saturated rings. The molecule has 0 aliphatic rings. The monoisotopic (exact) mass is 292 g/mol. The summed E-state index contributed by atoms with van der Waals surface area (Å²) in [6, 6.07) is 9.35. The fraction of sp³-hybridized carbons (Fsp3) is 0.133. The maximum atomic E-state index is 13.6. The molecule has 0 aliphatic carbocycles. The molecule has 0 aliphatic heterocycles. The van der Waals surface area contributed by atoms with Gasteiger partial charge in [-0.1, -0.05) is 11.6 Å². The SMILES string of the molecule is CNc1ccc(C(=O)Nc2ccc(Cl)cc2F)cc1C. The fourth-order valence-corrected chi connectivity index (χ4v) is 2.03. The van der Waals surface area contributed by atoms with Crippen molar-refractivity contribution in [3.63, 3.8) is 0 Å². The number of anilines is 2. The lowest BCUT2D eigenvalue weighted by atomic mass is 10.1. The van der Waals surface area contributed by atoms with Crippen LogP contribution in [0.5, 0.6) is 0 Å². The number of amides is 1. The lowest BCUT2D eigenvalue weighted by Crippen LogP contribution is -2.13. The van der Waals surface area contributed by atoms with Gasteiger partial charge in [-0.05, 0) is 48.9 Å². The molecule has 0 saturated heterocycles. The first kappa shape index (κ1) is 14.3. The third kappa shape index (κ3) is 3.08. The number of nitrogens with one attached hydrogen (secondary N) is 2. The first-order chi connectivity index (χ1) is 9.51. The molecule has 5 heteroatoms. The Morgan fingerprint density at radius 3 is 2.45 bits per heavy atom. The molecular weight excluding hydrogens is 279 g/mol. The minimum Gasteiger partial charge on any atom is -0.388 e. The van der Waals surface area contributed by atoms with Gasteiger partial charge in [-0.15, -0.1) is 0 Å². The van der Waals surface area contributed by atoms with Gasteiger partial charge in [0.2, 0.25) is 0 Å². The average molecular weight is 293 g/mol. The first-order valence-electron chi connectivity index (χ1n) is 6.06. The van der Waals surface area contributed by atoms with Crippen LogP contribution in [0.25, 0.3) is 0 Å². The van der Waals surface area contributed by atoms with Crippen LogP contribution in [0.2, 0.25) is 5.02 Å². The Labute approximate surface area is 121 Å². The molecule has 0 radical (unpaired) electrons. The zero-order chi connectivity index (χ0) is 14.7. The highest BCUT2D eigenvalue weighted by atomic mass is 35.5. The van der Waals surface area contributed by atoms with E-state index in [4.69, 9.17) is 11.6 Å². The van der Waals surface area contributed by atoms with E-state index in [-0.39, 0.29) is 16.6 Å². The summed E-state index contributed by atoms with van der Waals surface area (Å²) in [5, 5.41) is 5.83. The second-order valence-electron chi connectivity index (χ2n) is 4.36. The van der Waals surface area contributed by atoms with Gasteiger partial charge in [0.15, 0.2) is 0 Å². The van der Waals surface area contributed by atoms with Crippen molar-refractivity contribution in [3.05, 3.63) is 58.4 Å². The van der Waals surface area contributed by atoms with Gasteiger partial charge < -0.3 is 10.6 Å². The fourth-order valence-electron chi connectivity index (χ4n) is 1.87. The van der Waals surface area contributed by atoms with E-state index in [0.29, 0.717) is 5.56 Å². The normalized spacial score (nSPS) is 10.2. The summed E-state index contributed by atoms with van der Waals surface area (Å²) in [7, 11) is 1.81. The summed E-state index contributed by atoms with van der Waals surface area (Å²) < 4.78 is 13.6. The van der Waals surface area contributed by atoms with Crippen molar-refractivity contribution in [1.29, 1.82) is 0 Å². The van der Waals surface area contributed by atoms with Crippen molar-refractivity contribution in [1.82, 2.24) is 0 Å². The lowest BCUT2D eigenvalue weighted by Gasteiger charge is -2.09. The quantitative estimate of drug-likeness (QED) is 0.895. The van der Waals surface area contributed by atoms with Crippen molar-refractivity contribution >= 4 is 28.9 Å². The van der Waals surface area contributed by atoms with Crippen molar-refractivity contribution in [2.24, 2.45) is 0 Å². The number of halogens is 2. The van der Waals surface area contributed by atoms with Gasteiger partial charge in [0, 0.05) is 23.3 Å². The van der Waals surface area contributed by atoms with Crippen LogP contribution in [0, 0.1) is 12.7 Å². The van der Waals surface area contributed by atoms with Gasteiger partial charge in [-0.3, -0.25) is 4.79 Å². The maximum absolute atomic E-state index is 13.6. The second-order valence-corrected chi connectivity index (χ2v) is 4.79. The number of benzene rings is 2. The highest BCUT2D eigenvalue weighted by Crippen LogP contribution is 2.21. The van der Waals surface area contributed by atoms with Gasteiger partial charge in [-0.2, -0.15) is 0 Å². The van der Waals surface area contributed by atoms with Gasteiger partial charge in [0.1, 0.15) is 5.82 Å². The Balaban J connectivity index is 2.21. The zero-order valence-corrected chi connectivity index (χ0v) is 11.9. The van der Waals surface area contributed by atoms with Gasteiger partial charge >= 0.3 is 0 Å². The van der Waals surface area contributed by atoms with E-state index in [0.717, 1.165) is 17.3 Å². The van der Waals surface area contributed by atoms with Crippen LogP contribution in [0.15, 0.2) is 36.4 Å². The number of carbonyl (C=O) groups is 1. The van der Waals surface area contributed by atoms with E-state index in [1.165, 1.54) is 12.1 Å². The third-order valence-corrected chi connectivity index (χ3v) is 3.17. The van der Waals surface area contributed by atoms with Crippen molar-refractivity contribution in [2.45, 2.75) is 6.92 Å². The first-order valence-corrected chi connectivity index (χ1v) is 6.44. The standard InChI is InChI=1S/C15H14ClFN2O/c1-9-7-10(3-5-13(9)18-2)15(20)19-14-6-4-11(16)8-12(14)17/h3-8,18H,1-2H3,(H,19,20). The topological polar surface area (TPSA) is 41.1 Å². The Hall–Kier alpha value is -2.07. The molecule has 104 valence electrons. The predicted octanol–water partition coefficient (Wildman–Crippen LogP) is 4.08. The Morgan fingerprint density at radius 2 is 1.85 bits per heavy atom. The van der Waals surface area contributed by atoms with E-state index in [1.54, 1.807) is 12.1 Å². The average Bonchev–Trinajstić information content (AvgIpc) is 2.41. The molecule has 2 aromatic carbocycles. The van der Waals surface area contributed by atoms with Crippen LogP contribution in [0.3, 0.4) is 0 Å². The molecular formula is C15H14ClFN2O. The number of hydrogen-bond donors (Lipinski definition) is 2. The Kier molecular flexibility index (Phi) is 4.25. The van der Waals surface area contributed by atoms with Crippen molar-refractivity contribution in [3.8, 4) is 0 Å². The predicted molar refractivity (Wildman–Crippen MR) is 80.1 cm³/mol. The van der Waals surface area contributed by atoms with Crippen molar-refractivity contribution < 1.29 is 9.18 Å². The lowest BCUT2D eigenvalue weighted by molar-refractivity contribution is 0.102.